The van der Waals surface area contributed by atoms with Gasteiger partial charge >= 0.3 is 0 Å². The molecule has 0 bridgehead atoms. The molecular weight excluding hydrogens is 369 g/mol. The molecular formula is C20H19ClFN3O2. The first-order valence-corrected chi connectivity index (χ1v) is 8.73. The molecule has 3 aromatic rings. The fraction of sp³-hybridized carbons (Fsp3) is 0.200. The number of amides is 1. The van der Waals surface area contributed by atoms with Gasteiger partial charge in [0.1, 0.15) is 23.4 Å². The molecule has 1 amide bonds. The quantitative estimate of drug-likeness (QED) is 0.699. The number of nitrogens with one attached hydrogen (secondary N) is 1. The van der Waals surface area contributed by atoms with Crippen molar-refractivity contribution in [2.24, 2.45) is 7.05 Å². The SMILES string of the molecule is Cc1cc(OCC(=O)NC(c2cccc(F)c2)c2nccn2C)ccc1Cl. The van der Waals surface area contributed by atoms with Crippen LogP contribution in [-0.4, -0.2) is 22.1 Å². The molecule has 3 rings (SSSR count). The molecule has 2 aromatic carbocycles. The molecule has 0 spiro atoms. The number of aryl methyl sites for hydroxylation is 2. The van der Waals surface area contributed by atoms with Crippen LogP contribution in [0.15, 0.2) is 54.9 Å². The summed E-state index contributed by atoms with van der Waals surface area (Å²) in [7, 11) is 1.81. The molecule has 1 N–H and O–H groups in total. The van der Waals surface area contributed by atoms with Gasteiger partial charge in [-0.2, -0.15) is 0 Å². The molecule has 140 valence electrons. The zero-order valence-corrected chi connectivity index (χ0v) is 15.7. The highest BCUT2D eigenvalue weighted by Crippen LogP contribution is 2.22. The van der Waals surface area contributed by atoms with Crippen LogP contribution in [0.5, 0.6) is 5.75 Å². The Hall–Kier alpha value is -2.86. The standard InChI is InChI=1S/C20H19ClFN3O2/c1-13-10-16(6-7-17(13)21)27-12-18(26)24-19(20-23-8-9-25(20)2)14-4-3-5-15(22)11-14/h3-11,19H,12H2,1-2H3,(H,24,26). The number of rotatable bonds is 6. The maximum Gasteiger partial charge on any atom is 0.258 e. The van der Waals surface area contributed by atoms with Crippen LogP contribution in [0.3, 0.4) is 0 Å². The maximum absolute atomic E-state index is 13.7. The lowest BCUT2D eigenvalue weighted by molar-refractivity contribution is -0.123. The second kappa shape index (κ2) is 8.22. The van der Waals surface area contributed by atoms with E-state index < -0.39 is 6.04 Å². The second-order valence-electron chi connectivity index (χ2n) is 6.15. The fourth-order valence-electron chi connectivity index (χ4n) is 2.70. The monoisotopic (exact) mass is 387 g/mol. The first-order valence-electron chi connectivity index (χ1n) is 8.35. The van der Waals surface area contributed by atoms with Crippen LogP contribution in [-0.2, 0) is 11.8 Å². The number of hydrogen-bond donors (Lipinski definition) is 1. The van der Waals surface area contributed by atoms with Gasteiger partial charge in [-0.15, -0.1) is 0 Å². The number of halogens is 2. The van der Waals surface area contributed by atoms with Gasteiger partial charge in [-0.05, 0) is 48.4 Å². The van der Waals surface area contributed by atoms with Crippen molar-refractivity contribution >= 4 is 17.5 Å². The molecule has 1 heterocycles. The van der Waals surface area contributed by atoms with E-state index in [2.05, 4.69) is 10.3 Å². The van der Waals surface area contributed by atoms with E-state index in [0.717, 1.165) is 5.56 Å². The Bertz CT molecular complexity index is 958. The van der Waals surface area contributed by atoms with Crippen molar-refractivity contribution in [1.29, 1.82) is 0 Å². The molecule has 27 heavy (non-hydrogen) atoms. The Morgan fingerprint density at radius 3 is 2.81 bits per heavy atom. The minimum absolute atomic E-state index is 0.183. The summed E-state index contributed by atoms with van der Waals surface area (Å²) in [5, 5.41) is 3.49. The van der Waals surface area contributed by atoms with Crippen LogP contribution in [0.25, 0.3) is 0 Å². The van der Waals surface area contributed by atoms with E-state index >= 15 is 0 Å². The third-order valence-electron chi connectivity index (χ3n) is 4.10. The highest BCUT2D eigenvalue weighted by atomic mass is 35.5. The zero-order valence-electron chi connectivity index (χ0n) is 14.9. The molecule has 5 nitrogen and oxygen atoms in total. The average molecular weight is 388 g/mol. The Morgan fingerprint density at radius 1 is 1.33 bits per heavy atom. The number of benzene rings is 2. The first-order chi connectivity index (χ1) is 12.9. The van der Waals surface area contributed by atoms with Gasteiger partial charge in [0.05, 0.1) is 0 Å². The van der Waals surface area contributed by atoms with Gasteiger partial charge in [0.2, 0.25) is 0 Å². The molecule has 1 aromatic heterocycles. The molecule has 7 heteroatoms. The van der Waals surface area contributed by atoms with E-state index in [-0.39, 0.29) is 18.3 Å². The summed E-state index contributed by atoms with van der Waals surface area (Å²) in [6.07, 6.45) is 3.39. The third kappa shape index (κ3) is 4.65. The van der Waals surface area contributed by atoms with Gasteiger partial charge in [-0.3, -0.25) is 4.79 Å². The number of hydrogen-bond acceptors (Lipinski definition) is 3. The van der Waals surface area contributed by atoms with Gasteiger partial charge in [-0.1, -0.05) is 23.7 Å². The largest absolute Gasteiger partial charge is 0.484 e. The highest BCUT2D eigenvalue weighted by molar-refractivity contribution is 6.31. The Labute approximate surface area is 161 Å². The number of carbonyl (C=O) groups is 1. The minimum atomic E-state index is -0.594. The Morgan fingerprint density at radius 2 is 2.15 bits per heavy atom. The van der Waals surface area contributed by atoms with Gasteiger partial charge in [0.25, 0.3) is 5.91 Å². The number of nitrogens with zero attached hydrogens (tertiary/aromatic N) is 2. The lowest BCUT2D eigenvalue weighted by Gasteiger charge is -2.19. The van der Waals surface area contributed by atoms with Crippen molar-refractivity contribution < 1.29 is 13.9 Å². The van der Waals surface area contributed by atoms with Gasteiger partial charge in [-0.25, -0.2) is 9.37 Å². The summed E-state index contributed by atoms with van der Waals surface area (Å²) in [6.45, 7) is 1.67. The van der Waals surface area contributed by atoms with Gasteiger partial charge < -0.3 is 14.6 Å². The summed E-state index contributed by atoms with van der Waals surface area (Å²) in [4.78, 5) is 16.7. The molecule has 0 fully saturated rings. The number of ether oxygens (including phenoxy) is 1. The Balaban J connectivity index is 1.74. The van der Waals surface area contributed by atoms with Crippen molar-refractivity contribution in [1.82, 2.24) is 14.9 Å². The molecule has 1 atom stereocenters. The summed E-state index contributed by atoms with van der Waals surface area (Å²) < 4.78 is 21.0. The molecule has 0 aliphatic carbocycles. The summed E-state index contributed by atoms with van der Waals surface area (Å²) in [5.41, 5.74) is 1.46. The normalized spacial score (nSPS) is 11.9. The summed E-state index contributed by atoms with van der Waals surface area (Å²) in [6, 6.07) is 10.7. The lowest BCUT2D eigenvalue weighted by atomic mass is 10.1. The second-order valence-corrected chi connectivity index (χ2v) is 6.56. The van der Waals surface area contributed by atoms with Gasteiger partial charge in [0, 0.05) is 24.5 Å². The predicted molar refractivity (Wildman–Crippen MR) is 101 cm³/mol. The molecule has 0 aliphatic heterocycles. The highest BCUT2D eigenvalue weighted by Gasteiger charge is 2.21. The van der Waals surface area contributed by atoms with Crippen molar-refractivity contribution in [3.8, 4) is 5.75 Å². The number of imidazole rings is 1. The first kappa shape index (κ1) is 18.9. The van der Waals surface area contributed by atoms with Crippen LogP contribution < -0.4 is 10.1 Å². The molecule has 1 unspecified atom stereocenters. The van der Waals surface area contributed by atoms with E-state index in [4.69, 9.17) is 16.3 Å². The van der Waals surface area contributed by atoms with Crippen molar-refractivity contribution in [3.63, 3.8) is 0 Å². The van der Waals surface area contributed by atoms with E-state index in [1.807, 2.05) is 14.0 Å². The number of carbonyl (C=O) groups excluding carboxylic acids is 1. The average Bonchev–Trinajstić information content (AvgIpc) is 3.06. The van der Waals surface area contributed by atoms with E-state index in [9.17, 15) is 9.18 Å². The molecule has 0 aliphatic rings. The van der Waals surface area contributed by atoms with Crippen LogP contribution in [0, 0.1) is 12.7 Å². The molecule has 0 saturated carbocycles. The van der Waals surface area contributed by atoms with E-state index in [0.29, 0.717) is 22.2 Å². The van der Waals surface area contributed by atoms with Crippen LogP contribution in [0.1, 0.15) is 23.0 Å². The minimum Gasteiger partial charge on any atom is -0.484 e. The van der Waals surface area contributed by atoms with Gasteiger partial charge in [0.15, 0.2) is 6.61 Å². The Kier molecular flexibility index (Phi) is 5.76. The zero-order chi connectivity index (χ0) is 19.4. The van der Waals surface area contributed by atoms with E-state index in [1.165, 1.54) is 12.1 Å². The predicted octanol–water partition coefficient (Wildman–Crippen LogP) is 3.81. The summed E-state index contributed by atoms with van der Waals surface area (Å²) in [5.74, 6) is 0.413. The lowest BCUT2D eigenvalue weighted by Crippen LogP contribution is -2.34. The van der Waals surface area contributed by atoms with E-state index in [1.54, 1.807) is 47.3 Å². The fourth-order valence-corrected chi connectivity index (χ4v) is 2.81. The van der Waals surface area contributed by atoms with Crippen molar-refractivity contribution in [2.75, 3.05) is 6.61 Å². The third-order valence-corrected chi connectivity index (χ3v) is 4.53. The summed E-state index contributed by atoms with van der Waals surface area (Å²) >= 11 is 5.99. The van der Waals surface area contributed by atoms with Crippen LogP contribution in [0.4, 0.5) is 4.39 Å². The van der Waals surface area contributed by atoms with Crippen molar-refractivity contribution in [2.45, 2.75) is 13.0 Å². The molecule has 0 radical (unpaired) electrons. The smallest absolute Gasteiger partial charge is 0.258 e. The number of aromatic nitrogens is 2. The van der Waals surface area contributed by atoms with Crippen LogP contribution >= 0.6 is 11.6 Å². The topological polar surface area (TPSA) is 56.1 Å². The van der Waals surface area contributed by atoms with Crippen molar-refractivity contribution in [3.05, 3.63) is 82.6 Å². The molecule has 0 saturated heterocycles. The van der Waals surface area contributed by atoms with Crippen LogP contribution in [0.2, 0.25) is 5.02 Å². The maximum atomic E-state index is 13.7.